The minimum absolute atomic E-state index is 0.186. The number of anilines is 2. The summed E-state index contributed by atoms with van der Waals surface area (Å²) in [5.74, 6) is 0.531. The van der Waals surface area contributed by atoms with Gasteiger partial charge in [0, 0.05) is 28.6 Å². The topological polar surface area (TPSA) is 24.1 Å². The fourth-order valence-corrected chi connectivity index (χ4v) is 7.33. The van der Waals surface area contributed by atoms with Gasteiger partial charge in [0.25, 0.3) is 0 Å². The molecule has 7 rings (SSSR count). The smallest absolute Gasteiger partial charge is 0.134 e. The Labute approximate surface area is 269 Å². The van der Waals surface area contributed by atoms with E-state index < -0.39 is 0 Å². The van der Waals surface area contributed by atoms with E-state index in [1.165, 1.54) is 55.8 Å². The Morgan fingerprint density at radius 2 is 1.20 bits per heavy atom. The van der Waals surface area contributed by atoms with Crippen molar-refractivity contribution in [1.29, 1.82) is 0 Å². The van der Waals surface area contributed by atoms with Gasteiger partial charge in [0.05, 0.1) is 5.70 Å². The molecular weight excluding hydrogens is 543 g/mol. The van der Waals surface area contributed by atoms with Gasteiger partial charge in [0.1, 0.15) is 7.85 Å². The summed E-state index contributed by atoms with van der Waals surface area (Å²) >= 11 is 0. The predicted octanol–water partition coefficient (Wildman–Crippen LogP) is 9.49. The molecule has 222 valence electrons. The van der Waals surface area contributed by atoms with Gasteiger partial charge < -0.3 is 10.6 Å². The van der Waals surface area contributed by atoms with E-state index in [9.17, 15) is 0 Å². The van der Waals surface area contributed by atoms with Gasteiger partial charge in [-0.1, -0.05) is 121 Å². The number of fused-ring (bicyclic) bond motifs is 2. The fourth-order valence-electron chi connectivity index (χ4n) is 7.33. The van der Waals surface area contributed by atoms with Crippen molar-refractivity contribution in [3.8, 4) is 0 Å². The highest BCUT2D eigenvalue weighted by atomic mass is 15.0. The molecule has 5 aromatic carbocycles. The second-order valence-corrected chi connectivity index (χ2v) is 12.6. The van der Waals surface area contributed by atoms with Gasteiger partial charge in [-0.25, -0.2) is 0 Å². The van der Waals surface area contributed by atoms with Gasteiger partial charge in [-0.05, 0) is 91.0 Å². The maximum Gasteiger partial charge on any atom is 0.134 e. The molecule has 2 atom stereocenters. The van der Waals surface area contributed by atoms with E-state index in [0.717, 1.165) is 43.5 Å². The van der Waals surface area contributed by atoms with E-state index in [0.29, 0.717) is 5.92 Å². The molecule has 0 spiro atoms. The SMILES string of the molecule is B/C1=C(\C)CCc2ccccc2CCC1c1ccccc1NC1=C(Nc2ccccc2)c2ccccc2CC1c1ccccc1. The maximum atomic E-state index is 4.11. The minimum Gasteiger partial charge on any atom is -0.356 e. The lowest BCUT2D eigenvalue weighted by molar-refractivity contribution is 0.720. The third-order valence-electron chi connectivity index (χ3n) is 9.97. The van der Waals surface area contributed by atoms with E-state index >= 15 is 0 Å². The average Bonchev–Trinajstić information content (AvgIpc) is 3.15. The number of benzene rings is 5. The molecule has 3 heteroatoms. The molecule has 0 heterocycles. The standard InChI is InChI=1S/C42H41BN2/c1-29-24-25-30-14-8-9-15-31(30)26-27-37(40(29)43)36-22-12-13-23-39(36)45-42-38(32-16-4-2-5-17-32)28-33-18-10-11-21-35(33)41(42)44-34-19-6-3-7-20-34/h2-23,37-38,44-45H,24-28,43H2,1H3/b40-29+. The number of aryl methyl sites for hydroxylation is 2. The molecule has 0 radical (unpaired) electrons. The summed E-state index contributed by atoms with van der Waals surface area (Å²) in [5.41, 5.74) is 16.0. The Balaban J connectivity index is 1.36. The molecule has 5 aromatic rings. The third kappa shape index (κ3) is 6.13. The number of allylic oxidation sites excluding steroid dienone is 3. The van der Waals surface area contributed by atoms with Gasteiger partial charge in [-0.3, -0.25) is 0 Å². The summed E-state index contributed by atoms with van der Waals surface area (Å²) in [6, 6.07) is 48.5. The second-order valence-electron chi connectivity index (χ2n) is 12.6. The highest BCUT2D eigenvalue weighted by Gasteiger charge is 2.30. The zero-order valence-corrected chi connectivity index (χ0v) is 26.4. The Bertz CT molecular complexity index is 1850. The van der Waals surface area contributed by atoms with E-state index in [4.69, 9.17) is 0 Å². The van der Waals surface area contributed by atoms with Crippen LogP contribution in [0.4, 0.5) is 11.4 Å². The van der Waals surface area contributed by atoms with Crippen LogP contribution in [0.3, 0.4) is 0 Å². The number of rotatable bonds is 6. The number of nitrogens with one attached hydrogen (secondary N) is 2. The molecule has 2 nitrogen and oxygen atoms in total. The first-order chi connectivity index (χ1) is 22.2. The van der Waals surface area contributed by atoms with Gasteiger partial charge in [0.15, 0.2) is 0 Å². The van der Waals surface area contributed by atoms with Gasteiger partial charge in [-0.15, -0.1) is 5.47 Å². The highest BCUT2D eigenvalue weighted by molar-refractivity contribution is 6.23. The van der Waals surface area contributed by atoms with E-state index in [2.05, 4.69) is 159 Å². The molecular formula is C42H41BN2. The van der Waals surface area contributed by atoms with Crippen LogP contribution < -0.4 is 10.6 Å². The van der Waals surface area contributed by atoms with Crippen LogP contribution in [0.25, 0.3) is 5.70 Å². The van der Waals surface area contributed by atoms with E-state index in [1.807, 2.05) is 0 Å². The van der Waals surface area contributed by atoms with Crippen molar-refractivity contribution in [1.82, 2.24) is 0 Å². The van der Waals surface area contributed by atoms with Crippen LogP contribution in [0.1, 0.15) is 65.0 Å². The van der Waals surface area contributed by atoms with Crippen LogP contribution in [0.15, 0.2) is 150 Å². The molecule has 0 saturated heterocycles. The zero-order valence-electron chi connectivity index (χ0n) is 26.4. The van der Waals surface area contributed by atoms with Crippen LogP contribution in [0.2, 0.25) is 0 Å². The first-order valence-corrected chi connectivity index (χ1v) is 16.4. The summed E-state index contributed by atoms with van der Waals surface area (Å²) in [6.45, 7) is 2.35. The number of para-hydroxylation sites is 2. The lowest BCUT2D eigenvalue weighted by atomic mass is 9.73. The van der Waals surface area contributed by atoms with Crippen LogP contribution in [-0.2, 0) is 19.3 Å². The molecule has 0 bridgehead atoms. The van der Waals surface area contributed by atoms with Crippen molar-refractivity contribution in [3.63, 3.8) is 0 Å². The molecule has 2 N–H and O–H groups in total. The normalized spacial score (nSPS) is 19.8. The first kappa shape index (κ1) is 29.0. The lowest BCUT2D eigenvalue weighted by Gasteiger charge is -2.33. The molecule has 0 amide bonds. The van der Waals surface area contributed by atoms with Crippen molar-refractivity contribution >= 4 is 24.9 Å². The number of hydrogen-bond acceptors (Lipinski definition) is 2. The van der Waals surface area contributed by atoms with Crippen LogP contribution in [0.5, 0.6) is 0 Å². The fraction of sp³-hybridized carbons (Fsp3) is 0.190. The largest absolute Gasteiger partial charge is 0.356 e. The lowest BCUT2D eigenvalue weighted by Crippen LogP contribution is -2.24. The van der Waals surface area contributed by atoms with Crippen molar-refractivity contribution in [2.24, 2.45) is 0 Å². The molecule has 2 aliphatic rings. The molecule has 0 aromatic heterocycles. The van der Waals surface area contributed by atoms with Crippen molar-refractivity contribution in [2.75, 3.05) is 10.6 Å². The Morgan fingerprint density at radius 3 is 1.98 bits per heavy atom. The Kier molecular flexibility index (Phi) is 8.42. The predicted molar refractivity (Wildman–Crippen MR) is 193 cm³/mol. The molecule has 0 saturated carbocycles. The van der Waals surface area contributed by atoms with E-state index in [1.54, 1.807) is 0 Å². The summed E-state index contributed by atoms with van der Waals surface area (Å²) in [6.07, 6.45) is 5.36. The maximum absolute atomic E-state index is 4.11. The molecule has 2 aliphatic carbocycles. The monoisotopic (exact) mass is 584 g/mol. The van der Waals surface area contributed by atoms with Crippen molar-refractivity contribution in [3.05, 3.63) is 184 Å². The Morgan fingerprint density at radius 1 is 0.578 bits per heavy atom. The molecule has 2 unspecified atom stereocenters. The van der Waals surface area contributed by atoms with Crippen LogP contribution in [0, 0.1) is 0 Å². The third-order valence-corrected chi connectivity index (χ3v) is 9.97. The molecule has 45 heavy (non-hydrogen) atoms. The minimum atomic E-state index is 0.186. The van der Waals surface area contributed by atoms with Crippen molar-refractivity contribution < 1.29 is 0 Å². The zero-order chi connectivity index (χ0) is 30.6. The average molecular weight is 585 g/mol. The highest BCUT2D eigenvalue weighted by Crippen LogP contribution is 2.43. The summed E-state index contributed by atoms with van der Waals surface area (Å²) < 4.78 is 0. The van der Waals surface area contributed by atoms with Gasteiger partial charge in [0.2, 0.25) is 0 Å². The summed E-state index contributed by atoms with van der Waals surface area (Å²) in [7, 11) is 2.37. The first-order valence-electron chi connectivity index (χ1n) is 16.4. The van der Waals surface area contributed by atoms with E-state index in [-0.39, 0.29) is 5.92 Å². The summed E-state index contributed by atoms with van der Waals surface area (Å²) in [4.78, 5) is 0. The molecule has 0 fully saturated rings. The number of hydrogen-bond donors (Lipinski definition) is 2. The van der Waals surface area contributed by atoms with Crippen LogP contribution >= 0.6 is 0 Å². The van der Waals surface area contributed by atoms with Gasteiger partial charge >= 0.3 is 0 Å². The Hall–Kier alpha value is -4.76. The van der Waals surface area contributed by atoms with Gasteiger partial charge in [-0.2, -0.15) is 0 Å². The molecule has 0 aliphatic heterocycles. The second kappa shape index (κ2) is 13.1. The van der Waals surface area contributed by atoms with Crippen LogP contribution in [-0.4, -0.2) is 7.85 Å². The summed E-state index contributed by atoms with van der Waals surface area (Å²) in [5, 5.41) is 7.97. The van der Waals surface area contributed by atoms with Crippen molar-refractivity contribution in [2.45, 2.75) is 50.9 Å². The quantitative estimate of drug-likeness (QED) is 0.194.